The van der Waals surface area contributed by atoms with Crippen molar-refractivity contribution in [2.24, 2.45) is 0 Å². The van der Waals surface area contributed by atoms with Gasteiger partial charge in [0, 0.05) is 0 Å². The van der Waals surface area contributed by atoms with Crippen molar-refractivity contribution in [1.29, 1.82) is 5.39 Å². The number of carbonyl (C=O) groups is 1. The third-order valence-electron chi connectivity index (χ3n) is 0.172. The Morgan fingerprint density at radius 1 is 2.00 bits per heavy atom. The van der Waals surface area contributed by atoms with Crippen LogP contribution in [0, 0.1) is 5.39 Å². The maximum absolute atomic E-state index is 9.52. The zero-order valence-electron chi connectivity index (χ0n) is 2.68. The number of urea groups is 1. The highest BCUT2D eigenvalue weighted by atomic mass is 35.5. The van der Waals surface area contributed by atoms with Crippen LogP contribution in [-0.2, 0) is 0 Å². The van der Waals surface area contributed by atoms with Gasteiger partial charge in [0.1, 0.15) is 17.2 Å². The molecule has 0 heterocycles. The second-order valence-corrected chi connectivity index (χ2v) is 0.689. The van der Waals surface area contributed by atoms with Gasteiger partial charge >= 0.3 is 6.03 Å². The summed E-state index contributed by atoms with van der Waals surface area (Å²) in [4.78, 5) is 13.2. The fourth-order valence-electron chi connectivity index (χ4n) is 0.0189. The van der Waals surface area contributed by atoms with Gasteiger partial charge in [-0.3, -0.25) is 0 Å². The van der Waals surface area contributed by atoms with Gasteiger partial charge in [-0.15, -0.1) is 4.84 Å². The molecule has 0 radical (unpaired) electrons. The fourth-order valence-corrected chi connectivity index (χ4v) is 0.0567. The molecule has 0 atom stereocenters. The number of diazo groups is 1. The smallest absolute Gasteiger partial charge is 0.178 e. The predicted octanol–water partition coefficient (Wildman–Crippen LogP) is 0.703. The van der Waals surface area contributed by atoms with E-state index >= 15 is 0 Å². The zero-order chi connectivity index (χ0) is 4.99. The molecule has 2 amide bonds. The highest BCUT2D eigenvalue weighted by Gasteiger charge is 2.04. The van der Waals surface area contributed by atoms with Crippen LogP contribution in [0.2, 0.25) is 0 Å². The van der Waals surface area contributed by atoms with Crippen LogP contribution in [0.25, 0.3) is 4.98 Å². The van der Waals surface area contributed by atoms with Crippen molar-refractivity contribution in [3.63, 3.8) is 0 Å². The lowest BCUT2D eigenvalue weighted by atomic mass is 11.2. The van der Waals surface area contributed by atoms with Gasteiger partial charge in [0.15, 0.2) is 0 Å². The van der Waals surface area contributed by atoms with Crippen molar-refractivity contribution in [1.82, 2.24) is 4.84 Å². The molecule has 0 aromatic carbocycles. The molecular formula is CHClN3O+. The molecule has 0 aromatic heterocycles. The lowest BCUT2D eigenvalue weighted by Crippen LogP contribution is -2.01. The van der Waals surface area contributed by atoms with Gasteiger partial charge in [0.25, 0.3) is 0 Å². The van der Waals surface area contributed by atoms with Crippen molar-refractivity contribution in [2.75, 3.05) is 0 Å². The number of amides is 2. The first-order valence-electron chi connectivity index (χ1n) is 1.07. The van der Waals surface area contributed by atoms with Gasteiger partial charge < -0.3 is 0 Å². The predicted molar refractivity (Wildman–Crippen MR) is 19.5 cm³/mol. The Morgan fingerprint density at radius 2 is 2.50 bits per heavy atom. The Hall–Kier alpha value is -0.820. The molecule has 1 N–H and O–H groups in total. The summed E-state index contributed by atoms with van der Waals surface area (Å²) in [6, 6.07) is -0.961. The topological polar surface area (TPSA) is 57.2 Å². The van der Waals surface area contributed by atoms with E-state index in [9.17, 15) is 4.79 Å². The van der Waals surface area contributed by atoms with Crippen molar-refractivity contribution >= 4 is 17.8 Å². The van der Waals surface area contributed by atoms with E-state index in [-0.39, 0.29) is 0 Å². The number of rotatable bonds is 0. The molecule has 0 unspecified atom stereocenters. The number of nitrogens with zero attached hydrogens (tertiary/aromatic N) is 2. The Kier molecular flexibility index (Phi) is 2.09. The molecule has 0 aromatic rings. The quantitative estimate of drug-likeness (QED) is 0.365. The summed E-state index contributed by atoms with van der Waals surface area (Å²) in [7, 11) is 0. The van der Waals surface area contributed by atoms with E-state index in [1.165, 1.54) is 4.84 Å². The molecule has 0 aliphatic heterocycles. The van der Waals surface area contributed by atoms with E-state index in [0.29, 0.717) is 0 Å². The van der Waals surface area contributed by atoms with Crippen molar-refractivity contribution in [3.8, 4) is 0 Å². The van der Waals surface area contributed by atoms with Crippen molar-refractivity contribution < 1.29 is 4.79 Å². The summed E-state index contributed by atoms with van der Waals surface area (Å²) in [5.41, 5.74) is 0. The van der Waals surface area contributed by atoms with Crippen LogP contribution in [0.1, 0.15) is 0 Å². The van der Waals surface area contributed by atoms with Gasteiger partial charge in [-0.2, -0.15) is 4.79 Å². The average molecular weight is 106 g/mol. The molecule has 32 valence electrons. The summed E-state index contributed by atoms with van der Waals surface area (Å²) in [6.45, 7) is 0. The van der Waals surface area contributed by atoms with E-state index in [1.54, 1.807) is 0 Å². The number of hydrogen-bond acceptors (Lipinski definition) is 2. The molecule has 0 saturated heterocycles. The van der Waals surface area contributed by atoms with Crippen LogP contribution in [0.3, 0.4) is 0 Å². The van der Waals surface area contributed by atoms with E-state index < -0.39 is 6.03 Å². The van der Waals surface area contributed by atoms with Gasteiger partial charge in [-0.05, 0) is 0 Å². The molecular weight excluding hydrogens is 105 g/mol. The summed E-state index contributed by atoms with van der Waals surface area (Å²) in [6.07, 6.45) is 0. The fraction of sp³-hybridized carbons (Fsp3) is 0. The third-order valence-corrected chi connectivity index (χ3v) is 0.333. The molecule has 0 bridgehead atoms. The van der Waals surface area contributed by atoms with Gasteiger partial charge in [0.05, 0.1) is 4.98 Å². The van der Waals surface area contributed by atoms with E-state index in [1.807, 2.05) is 0 Å². The molecule has 6 heavy (non-hydrogen) atoms. The molecule has 0 saturated carbocycles. The van der Waals surface area contributed by atoms with Crippen LogP contribution in [-0.4, -0.2) is 6.03 Å². The SMILES string of the molecule is N#[N+]C(=O)NCl. The van der Waals surface area contributed by atoms with E-state index in [4.69, 9.17) is 5.39 Å². The van der Waals surface area contributed by atoms with E-state index in [0.717, 1.165) is 0 Å². The van der Waals surface area contributed by atoms with Crippen LogP contribution in [0.4, 0.5) is 4.79 Å². The van der Waals surface area contributed by atoms with Gasteiger partial charge in [-0.1, -0.05) is 0 Å². The standard InChI is InChI=1S/CClN3O/c2-4-1(6)5-3/p+1. The Morgan fingerprint density at radius 3 is 2.50 bits per heavy atom. The van der Waals surface area contributed by atoms with Crippen molar-refractivity contribution in [2.45, 2.75) is 0 Å². The molecule has 0 spiro atoms. The minimum Gasteiger partial charge on any atom is -0.178 e. The van der Waals surface area contributed by atoms with Crippen LogP contribution in [0.15, 0.2) is 0 Å². The molecule has 0 aliphatic carbocycles. The first-order chi connectivity index (χ1) is 2.81. The van der Waals surface area contributed by atoms with Gasteiger partial charge in [0.2, 0.25) is 0 Å². The number of nitrogens with one attached hydrogen (secondary N) is 1. The Balaban J connectivity index is 3.33. The van der Waals surface area contributed by atoms with Crippen LogP contribution >= 0.6 is 11.8 Å². The van der Waals surface area contributed by atoms with Gasteiger partial charge in [-0.25, -0.2) is 0 Å². The van der Waals surface area contributed by atoms with E-state index in [2.05, 4.69) is 16.8 Å². The third kappa shape index (κ3) is 1.49. The lowest BCUT2D eigenvalue weighted by molar-refractivity contribution is 0.259. The summed E-state index contributed by atoms with van der Waals surface area (Å²) in [5.74, 6) is 0. The largest absolute Gasteiger partial charge is 0.648 e. The van der Waals surface area contributed by atoms with Crippen LogP contribution < -0.4 is 4.84 Å². The lowest BCUT2D eigenvalue weighted by Gasteiger charge is -1.57. The first kappa shape index (κ1) is 5.18. The minimum absolute atomic E-state index is 0.961. The van der Waals surface area contributed by atoms with Crippen molar-refractivity contribution in [3.05, 3.63) is 4.98 Å². The number of halogens is 1. The first-order valence-corrected chi connectivity index (χ1v) is 1.44. The molecule has 0 rings (SSSR count). The molecule has 4 nitrogen and oxygen atoms in total. The monoisotopic (exact) mass is 106 g/mol. The normalized spacial score (nSPS) is 6.00. The summed E-state index contributed by atoms with van der Waals surface area (Å²) >= 11 is 4.60. The Bertz CT molecular complexity index is 93.5. The Labute approximate surface area is 38.8 Å². The maximum atomic E-state index is 9.52. The zero-order valence-corrected chi connectivity index (χ0v) is 3.44. The highest BCUT2D eigenvalue weighted by Crippen LogP contribution is 1.69. The maximum Gasteiger partial charge on any atom is 0.648 e. The number of hydrogen-bond donors (Lipinski definition) is 1. The second kappa shape index (κ2) is 2.42. The number of carbonyl (C=O) groups excluding carboxylic acids is 1. The summed E-state index contributed by atoms with van der Waals surface area (Å²) < 4.78 is 0. The molecule has 0 aliphatic rings. The highest BCUT2D eigenvalue weighted by molar-refractivity contribution is 6.22. The second-order valence-electron chi connectivity index (χ2n) is 0.500. The molecule has 5 heteroatoms. The molecule has 0 fully saturated rings. The average Bonchev–Trinajstić information content (AvgIpc) is 1.65. The summed E-state index contributed by atoms with van der Waals surface area (Å²) in [5, 5.41) is 7.46. The van der Waals surface area contributed by atoms with Crippen LogP contribution in [0.5, 0.6) is 0 Å². The minimum atomic E-state index is -0.961.